The van der Waals surface area contributed by atoms with Crippen LogP contribution in [0.25, 0.3) is 22.6 Å². The fourth-order valence-corrected chi connectivity index (χ4v) is 4.44. The van der Waals surface area contributed by atoms with Crippen molar-refractivity contribution in [1.82, 2.24) is 9.97 Å². The summed E-state index contributed by atoms with van der Waals surface area (Å²) in [5.74, 6) is 1.48. The third kappa shape index (κ3) is 6.20. The van der Waals surface area contributed by atoms with Gasteiger partial charge in [-0.1, -0.05) is 57.2 Å². The van der Waals surface area contributed by atoms with E-state index >= 15 is 0 Å². The molecule has 0 saturated heterocycles. The molecule has 0 aliphatic rings. The Morgan fingerprint density at radius 1 is 0.949 bits per heavy atom. The molecule has 2 aromatic heterocycles. The molecular formula is C32H32N2O5. The molecule has 39 heavy (non-hydrogen) atoms. The quantitative estimate of drug-likeness (QED) is 0.223. The Balaban J connectivity index is 1.25. The largest absolute Gasteiger partial charge is 0.478 e. The van der Waals surface area contributed by atoms with Gasteiger partial charge in [-0.25, -0.2) is 14.8 Å². The molecule has 5 aromatic rings. The first-order valence-electron chi connectivity index (χ1n) is 13.1. The Hall–Kier alpha value is -4.39. The van der Waals surface area contributed by atoms with E-state index in [1.54, 1.807) is 0 Å². The number of fused-ring (bicyclic) bond motifs is 1. The summed E-state index contributed by atoms with van der Waals surface area (Å²) in [5.41, 5.74) is 5.12. The molecule has 5 rings (SSSR count). The molecule has 7 nitrogen and oxygen atoms in total. The van der Waals surface area contributed by atoms with Crippen molar-refractivity contribution in [3.63, 3.8) is 0 Å². The molecule has 1 N–H and O–H groups in total. The summed E-state index contributed by atoms with van der Waals surface area (Å²) in [7, 11) is 0. The molecule has 2 heterocycles. The average molecular weight is 525 g/mol. The van der Waals surface area contributed by atoms with Gasteiger partial charge in [0.25, 0.3) is 0 Å². The average Bonchev–Trinajstić information content (AvgIpc) is 3.49. The van der Waals surface area contributed by atoms with Gasteiger partial charge in [-0.2, -0.15) is 0 Å². The predicted octanol–water partition coefficient (Wildman–Crippen LogP) is 6.95. The monoisotopic (exact) mass is 524 g/mol. The van der Waals surface area contributed by atoms with Crippen molar-refractivity contribution < 1.29 is 23.5 Å². The van der Waals surface area contributed by atoms with Gasteiger partial charge in [0.15, 0.2) is 17.6 Å². The number of aromatic nitrogens is 2. The van der Waals surface area contributed by atoms with E-state index in [2.05, 4.69) is 30.7 Å². The lowest BCUT2D eigenvalue weighted by molar-refractivity contribution is -0.145. The van der Waals surface area contributed by atoms with E-state index in [0.717, 1.165) is 28.1 Å². The highest BCUT2D eigenvalue weighted by Crippen LogP contribution is 2.26. The summed E-state index contributed by atoms with van der Waals surface area (Å²) in [5, 5.41) is 9.80. The Morgan fingerprint density at radius 3 is 2.38 bits per heavy atom. The van der Waals surface area contributed by atoms with E-state index in [-0.39, 0.29) is 11.8 Å². The summed E-state index contributed by atoms with van der Waals surface area (Å²) in [4.78, 5) is 21.3. The molecule has 7 heteroatoms. The topological polar surface area (TPSA) is 98.6 Å². The fourth-order valence-electron chi connectivity index (χ4n) is 4.44. The highest BCUT2D eigenvalue weighted by Gasteiger charge is 2.22. The molecule has 0 aliphatic carbocycles. The molecule has 200 valence electrons. The molecule has 0 radical (unpaired) electrons. The predicted molar refractivity (Wildman–Crippen MR) is 149 cm³/mol. The second kappa shape index (κ2) is 10.8. The number of rotatable bonds is 9. The molecule has 0 amide bonds. The van der Waals surface area contributed by atoms with Gasteiger partial charge in [0, 0.05) is 24.8 Å². The number of hydrogen-bond donors (Lipinski definition) is 1. The van der Waals surface area contributed by atoms with E-state index in [1.807, 2.05) is 79.7 Å². The lowest BCUT2D eigenvalue weighted by Crippen LogP contribution is -2.29. The number of aryl methyl sites for hydroxylation is 3. The molecule has 0 unspecified atom stereocenters. The third-order valence-corrected chi connectivity index (χ3v) is 6.68. The minimum Gasteiger partial charge on any atom is -0.478 e. The molecule has 3 aromatic carbocycles. The molecule has 0 aliphatic heterocycles. The Kier molecular flexibility index (Phi) is 7.24. The fraction of sp³-hybridized carbons (Fsp3) is 0.281. The highest BCUT2D eigenvalue weighted by molar-refractivity contribution is 5.75. The van der Waals surface area contributed by atoms with Crippen LogP contribution in [0.1, 0.15) is 49.2 Å². The smallest absolute Gasteiger partial charge is 0.345 e. The summed E-state index contributed by atoms with van der Waals surface area (Å²) >= 11 is 0. The van der Waals surface area contributed by atoms with Crippen molar-refractivity contribution in [2.24, 2.45) is 0 Å². The van der Waals surface area contributed by atoms with Crippen LogP contribution in [0.4, 0.5) is 0 Å². The van der Waals surface area contributed by atoms with Gasteiger partial charge in [0.2, 0.25) is 5.89 Å². The second-order valence-corrected chi connectivity index (χ2v) is 10.7. The lowest BCUT2D eigenvalue weighted by Gasteiger charge is -2.20. The van der Waals surface area contributed by atoms with E-state index in [9.17, 15) is 9.90 Å². The number of aliphatic carboxylic acids is 1. The SMILES string of the molecule is Cc1oc(-c2ccccc2)nc1CCc1nc2cc(C[C@H](Oc3ccc(C(C)(C)C)cc3)C(=O)O)ccc2o1. The number of ether oxygens (including phenoxy) is 1. The maximum atomic E-state index is 12.0. The molecule has 0 saturated carbocycles. The summed E-state index contributed by atoms with van der Waals surface area (Å²) < 4.78 is 17.6. The van der Waals surface area contributed by atoms with E-state index in [1.165, 1.54) is 0 Å². The normalized spacial score (nSPS) is 12.5. The van der Waals surface area contributed by atoms with Gasteiger partial charge in [-0.05, 0) is 59.9 Å². The van der Waals surface area contributed by atoms with Crippen LogP contribution in [0.2, 0.25) is 0 Å². The number of hydrogen-bond acceptors (Lipinski definition) is 6. The van der Waals surface area contributed by atoms with E-state index in [0.29, 0.717) is 41.5 Å². The zero-order valence-corrected chi connectivity index (χ0v) is 22.6. The maximum Gasteiger partial charge on any atom is 0.345 e. The lowest BCUT2D eigenvalue weighted by atomic mass is 9.87. The van der Waals surface area contributed by atoms with Gasteiger partial charge in [0.05, 0.1) is 5.69 Å². The van der Waals surface area contributed by atoms with Crippen molar-refractivity contribution in [3.05, 3.63) is 101 Å². The molecule has 1 atom stereocenters. The van der Waals surface area contributed by atoms with Gasteiger partial charge >= 0.3 is 5.97 Å². The molecular weight excluding hydrogens is 492 g/mol. The van der Waals surface area contributed by atoms with Gasteiger partial charge < -0.3 is 18.7 Å². The van der Waals surface area contributed by atoms with E-state index < -0.39 is 12.1 Å². The highest BCUT2D eigenvalue weighted by atomic mass is 16.5. The van der Waals surface area contributed by atoms with Crippen LogP contribution in [0.3, 0.4) is 0 Å². The number of benzene rings is 3. The van der Waals surface area contributed by atoms with Crippen molar-refractivity contribution in [2.75, 3.05) is 0 Å². The van der Waals surface area contributed by atoms with E-state index in [4.69, 9.17) is 13.6 Å². The van der Waals surface area contributed by atoms with Crippen LogP contribution in [-0.2, 0) is 29.5 Å². The Labute approximate surface area is 227 Å². The standard InChI is InChI=1S/C32H32N2O5/c1-20-25(34-30(37-20)22-8-6-5-7-9-22)15-17-29-33-26-18-21(10-16-27(26)39-29)19-28(31(35)36)38-24-13-11-23(12-14-24)32(2,3)4/h5-14,16,18,28H,15,17,19H2,1-4H3,(H,35,36)/t28-/m0/s1. The number of carboxylic acid groups (broad SMARTS) is 1. The second-order valence-electron chi connectivity index (χ2n) is 10.7. The Morgan fingerprint density at radius 2 is 1.69 bits per heavy atom. The molecule has 0 spiro atoms. The first-order chi connectivity index (χ1) is 18.7. The first-order valence-corrected chi connectivity index (χ1v) is 13.1. The minimum atomic E-state index is -1.02. The number of carboxylic acids is 1. The van der Waals surface area contributed by atoms with Crippen LogP contribution >= 0.6 is 0 Å². The third-order valence-electron chi connectivity index (χ3n) is 6.68. The molecule has 0 bridgehead atoms. The Bertz CT molecular complexity index is 1580. The van der Waals surface area contributed by atoms with Gasteiger partial charge in [-0.3, -0.25) is 0 Å². The van der Waals surface area contributed by atoms with Crippen LogP contribution in [0, 0.1) is 6.92 Å². The summed E-state index contributed by atoms with van der Waals surface area (Å²) in [6, 6.07) is 22.9. The van der Waals surface area contributed by atoms with Gasteiger partial charge in [-0.15, -0.1) is 0 Å². The van der Waals surface area contributed by atoms with Crippen LogP contribution in [-0.4, -0.2) is 27.1 Å². The minimum absolute atomic E-state index is 0.00948. The van der Waals surface area contributed by atoms with Crippen LogP contribution < -0.4 is 4.74 Å². The number of nitrogens with zero attached hydrogens (tertiary/aromatic N) is 2. The van der Waals surface area contributed by atoms with Crippen molar-refractivity contribution in [3.8, 4) is 17.2 Å². The van der Waals surface area contributed by atoms with Crippen molar-refractivity contribution in [2.45, 2.75) is 58.5 Å². The summed E-state index contributed by atoms with van der Waals surface area (Å²) in [6.45, 7) is 8.30. The molecule has 0 fully saturated rings. The van der Waals surface area contributed by atoms with Crippen LogP contribution in [0.15, 0.2) is 81.6 Å². The summed E-state index contributed by atoms with van der Waals surface area (Å²) in [6.07, 6.45) is 0.375. The van der Waals surface area contributed by atoms with Crippen molar-refractivity contribution >= 4 is 17.1 Å². The first kappa shape index (κ1) is 26.2. The zero-order chi connectivity index (χ0) is 27.6. The zero-order valence-electron chi connectivity index (χ0n) is 22.6. The number of oxazole rings is 2. The van der Waals surface area contributed by atoms with Crippen LogP contribution in [0.5, 0.6) is 5.75 Å². The van der Waals surface area contributed by atoms with Gasteiger partial charge in [0.1, 0.15) is 17.0 Å². The maximum absolute atomic E-state index is 12.0. The number of carbonyl (C=O) groups is 1. The van der Waals surface area contributed by atoms with Crippen molar-refractivity contribution in [1.29, 1.82) is 0 Å².